The number of hydrogen-bond donors (Lipinski definition) is 0. The zero-order chi connectivity index (χ0) is 21.4. The second-order valence-electron chi connectivity index (χ2n) is 7.48. The van der Waals surface area contributed by atoms with E-state index in [0.717, 1.165) is 0 Å². The summed E-state index contributed by atoms with van der Waals surface area (Å²) < 4.78 is 28.2. The Labute approximate surface area is 178 Å². The topological polar surface area (TPSA) is 49.3 Å². The quantitative estimate of drug-likeness (QED) is 0.626. The van der Waals surface area contributed by atoms with Crippen molar-refractivity contribution in [1.82, 2.24) is 19.8 Å². The predicted octanol–water partition coefficient (Wildman–Crippen LogP) is 4.14. The van der Waals surface area contributed by atoms with E-state index in [1.54, 1.807) is 24.0 Å². The number of benzene rings is 2. The number of rotatable bonds is 3. The standard InChI is InChI=1S/C22H21ClF2N4O/c1-13-14(2)27-21-16(10-15(24)11-20(21)26-13)22(30)29-8-6-28(7-9-29)12-17-18(23)4-3-5-19(17)25/h3-5,10-11H,6-9,12H2,1-2H3. The number of halogens is 3. The Hall–Kier alpha value is -2.64. The van der Waals surface area contributed by atoms with Gasteiger partial charge in [-0.3, -0.25) is 9.69 Å². The maximum atomic E-state index is 14.1. The molecule has 156 valence electrons. The van der Waals surface area contributed by atoms with Crippen molar-refractivity contribution < 1.29 is 13.6 Å². The van der Waals surface area contributed by atoms with Crippen LogP contribution in [0, 0.1) is 25.5 Å². The van der Waals surface area contributed by atoms with E-state index in [1.165, 1.54) is 18.2 Å². The Kier molecular flexibility index (Phi) is 5.66. The first-order chi connectivity index (χ1) is 14.3. The van der Waals surface area contributed by atoms with E-state index in [9.17, 15) is 13.6 Å². The average molecular weight is 431 g/mol. The Morgan fingerprint density at radius 1 is 1.07 bits per heavy atom. The molecule has 2 heterocycles. The zero-order valence-corrected chi connectivity index (χ0v) is 17.5. The molecule has 0 saturated carbocycles. The molecule has 0 bridgehead atoms. The molecule has 30 heavy (non-hydrogen) atoms. The Bertz CT molecular complexity index is 1110. The summed E-state index contributed by atoms with van der Waals surface area (Å²) in [5.41, 5.74) is 2.85. The van der Waals surface area contributed by atoms with Gasteiger partial charge in [0, 0.05) is 49.4 Å². The number of piperazine rings is 1. The molecule has 8 heteroatoms. The summed E-state index contributed by atoms with van der Waals surface area (Å²) in [6, 6.07) is 7.15. The number of fused-ring (bicyclic) bond motifs is 1. The van der Waals surface area contributed by atoms with E-state index < -0.39 is 5.82 Å². The largest absolute Gasteiger partial charge is 0.336 e. The fraction of sp³-hybridized carbons (Fsp3) is 0.318. The molecule has 0 spiro atoms. The summed E-state index contributed by atoms with van der Waals surface area (Å²) >= 11 is 6.12. The van der Waals surface area contributed by atoms with E-state index >= 15 is 0 Å². The van der Waals surface area contributed by atoms with Crippen LogP contribution in [0.3, 0.4) is 0 Å². The second kappa shape index (κ2) is 8.24. The van der Waals surface area contributed by atoms with Gasteiger partial charge in [0.2, 0.25) is 0 Å². The van der Waals surface area contributed by atoms with Crippen LogP contribution in [0.2, 0.25) is 5.02 Å². The van der Waals surface area contributed by atoms with E-state index in [-0.39, 0.29) is 17.3 Å². The number of aryl methyl sites for hydroxylation is 2. The van der Waals surface area contributed by atoms with E-state index in [1.807, 2.05) is 11.8 Å². The molecule has 1 aromatic heterocycles. The summed E-state index contributed by atoms with van der Waals surface area (Å²) in [5, 5.41) is 0.393. The number of carbonyl (C=O) groups excluding carboxylic acids is 1. The van der Waals surface area contributed by atoms with Crippen LogP contribution in [0.15, 0.2) is 30.3 Å². The van der Waals surface area contributed by atoms with Gasteiger partial charge in [0.1, 0.15) is 17.2 Å². The molecule has 1 amide bonds. The van der Waals surface area contributed by atoms with Crippen molar-refractivity contribution in [3.63, 3.8) is 0 Å². The summed E-state index contributed by atoms with van der Waals surface area (Å²) in [4.78, 5) is 25.7. The summed E-state index contributed by atoms with van der Waals surface area (Å²) in [5.74, 6) is -1.13. The van der Waals surface area contributed by atoms with Crippen LogP contribution in [-0.4, -0.2) is 51.9 Å². The monoisotopic (exact) mass is 430 g/mol. The summed E-state index contributed by atoms with van der Waals surface area (Å²) in [6.45, 7) is 6.00. The summed E-state index contributed by atoms with van der Waals surface area (Å²) in [6.07, 6.45) is 0. The molecule has 4 rings (SSSR count). The van der Waals surface area contributed by atoms with Gasteiger partial charge < -0.3 is 4.90 Å². The zero-order valence-electron chi connectivity index (χ0n) is 16.8. The van der Waals surface area contributed by atoms with Crippen LogP contribution in [-0.2, 0) is 6.54 Å². The van der Waals surface area contributed by atoms with Gasteiger partial charge in [-0.1, -0.05) is 17.7 Å². The fourth-order valence-electron chi connectivity index (χ4n) is 3.65. The average Bonchev–Trinajstić information content (AvgIpc) is 2.71. The number of hydrogen-bond acceptors (Lipinski definition) is 4. The minimum atomic E-state index is -0.517. The molecule has 0 aliphatic carbocycles. The lowest BCUT2D eigenvalue weighted by atomic mass is 10.1. The third kappa shape index (κ3) is 4.00. The number of aromatic nitrogens is 2. The fourth-order valence-corrected chi connectivity index (χ4v) is 3.87. The Morgan fingerprint density at radius 2 is 1.77 bits per heavy atom. The van der Waals surface area contributed by atoms with Gasteiger partial charge in [0.25, 0.3) is 5.91 Å². The predicted molar refractivity (Wildman–Crippen MR) is 112 cm³/mol. The van der Waals surface area contributed by atoms with Crippen LogP contribution in [0.1, 0.15) is 27.3 Å². The highest BCUT2D eigenvalue weighted by molar-refractivity contribution is 6.31. The van der Waals surface area contributed by atoms with Gasteiger partial charge in [-0.2, -0.15) is 0 Å². The van der Waals surface area contributed by atoms with Crippen molar-refractivity contribution in [3.8, 4) is 0 Å². The molecule has 1 aliphatic rings. The van der Waals surface area contributed by atoms with Crippen molar-refractivity contribution in [2.45, 2.75) is 20.4 Å². The lowest BCUT2D eigenvalue weighted by Gasteiger charge is -2.35. The minimum Gasteiger partial charge on any atom is -0.336 e. The molecule has 0 radical (unpaired) electrons. The van der Waals surface area contributed by atoms with Crippen LogP contribution in [0.4, 0.5) is 8.78 Å². The Morgan fingerprint density at radius 3 is 2.47 bits per heavy atom. The third-order valence-corrected chi connectivity index (χ3v) is 5.83. The first kappa shape index (κ1) is 20.6. The highest BCUT2D eigenvalue weighted by Gasteiger charge is 2.26. The van der Waals surface area contributed by atoms with Gasteiger partial charge >= 0.3 is 0 Å². The molecule has 0 unspecified atom stereocenters. The molecule has 1 saturated heterocycles. The molecule has 5 nitrogen and oxygen atoms in total. The van der Waals surface area contributed by atoms with Gasteiger partial charge in [-0.25, -0.2) is 18.7 Å². The molecular weight excluding hydrogens is 410 g/mol. The first-order valence-corrected chi connectivity index (χ1v) is 10.1. The third-order valence-electron chi connectivity index (χ3n) is 5.48. The van der Waals surface area contributed by atoms with Gasteiger partial charge in [0.05, 0.1) is 22.5 Å². The van der Waals surface area contributed by atoms with Crippen LogP contribution >= 0.6 is 11.6 Å². The highest BCUT2D eigenvalue weighted by Crippen LogP contribution is 2.23. The molecule has 0 atom stereocenters. The second-order valence-corrected chi connectivity index (χ2v) is 7.89. The maximum absolute atomic E-state index is 14.1. The van der Waals surface area contributed by atoms with E-state index in [2.05, 4.69) is 9.97 Å². The molecular formula is C22H21ClF2N4O. The molecule has 1 fully saturated rings. The number of amides is 1. The minimum absolute atomic E-state index is 0.214. The van der Waals surface area contributed by atoms with Gasteiger partial charge in [-0.15, -0.1) is 0 Å². The SMILES string of the molecule is Cc1nc2cc(F)cc(C(=O)N3CCN(Cc4c(F)cccc4Cl)CC3)c2nc1C. The van der Waals surface area contributed by atoms with Crippen molar-refractivity contribution in [1.29, 1.82) is 0 Å². The van der Waals surface area contributed by atoms with Gasteiger partial charge in [-0.05, 0) is 32.0 Å². The molecule has 0 N–H and O–H groups in total. The van der Waals surface area contributed by atoms with Crippen molar-refractivity contribution >= 4 is 28.5 Å². The van der Waals surface area contributed by atoms with Crippen molar-refractivity contribution in [3.05, 3.63) is 69.5 Å². The number of carbonyl (C=O) groups is 1. The van der Waals surface area contributed by atoms with Crippen molar-refractivity contribution in [2.24, 2.45) is 0 Å². The van der Waals surface area contributed by atoms with Crippen LogP contribution in [0.5, 0.6) is 0 Å². The maximum Gasteiger partial charge on any atom is 0.256 e. The lowest BCUT2D eigenvalue weighted by Crippen LogP contribution is -2.48. The summed E-state index contributed by atoms with van der Waals surface area (Å²) in [7, 11) is 0. The molecule has 2 aromatic carbocycles. The number of nitrogens with zero attached hydrogens (tertiary/aromatic N) is 4. The molecule has 1 aliphatic heterocycles. The smallest absolute Gasteiger partial charge is 0.256 e. The Balaban J connectivity index is 1.52. The first-order valence-electron chi connectivity index (χ1n) is 9.72. The molecule has 3 aromatic rings. The van der Waals surface area contributed by atoms with Crippen molar-refractivity contribution in [2.75, 3.05) is 26.2 Å². The lowest BCUT2D eigenvalue weighted by molar-refractivity contribution is 0.0628. The van der Waals surface area contributed by atoms with Crippen LogP contribution in [0.25, 0.3) is 11.0 Å². The normalized spacial score (nSPS) is 15.0. The van der Waals surface area contributed by atoms with Crippen LogP contribution < -0.4 is 0 Å². The van der Waals surface area contributed by atoms with Gasteiger partial charge in [0.15, 0.2) is 0 Å². The van der Waals surface area contributed by atoms with E-state index in [0.29, 0.717) is 65.7 Å². The highest BCUT2D eigenvalue weighted by atomic mass is 35.5. The van der Waals surface area contributed by atoms with E-state index in [4.69, 9.17) is 11.6 Å².